The molecule has 0 heterocycles. The van der Waals surface area contributed by atoms with Crippen LogP contribution in [0.3, 0.4) is 0 Å². The van der Waals surface area contributed by atoms with Crippen LogP contribution in [-0.2, 0) is 57.2 Å². The van der Waals surface area contributed by atoms with Crippen molar-refractivity contribution in [2.45, 2.75) is 187 Å². The van der Waals surface area contributed by atoms with Gasteiger partial charge in [0.1, 0.15) is 31.5 Å². The highest BCUT2D eigenvalue weighted by molar-refractivity contribution is 5.72. The molecular weight excluding hydrogens is 837 g/mol. The Hall–Kier alpha value is -3.34. The number of fused-ring (bicyclic) bond motifs is 5. The van der Waals surface area contributed by atoms with Crippen molar-refractivity contribution in [2.75, 3.05) is 39.4 Å². The normalized spacial score (nSPS) is 30.1. The summed E-state index contributed by atoms with van der Waals surface area (Å²) in [4.78, 5) is 77.4. The number of esters is 6. The third-order valence-corrected chi connectivity index (χ3v) is 15.6. The zero-order chi connectivity index (χ0) is 47.6. The van der Waals surface area contributed by atoms with Crippen molar-refractivity contribution in [3.8, 4) is 0 Å². The van der Waals surface area contributed by atoms with Crippen LogP contribution in [0, 0.1) is 46.3 Å². The van der Waals surface area contributed by atoms with Gasteiger partial charge in [0.15, 0.2) is 6.10 Å². The summed E-state index contributed by atoms with van der Waals surface area (Å²) in [7, 11) is 0. The smallest absolute Gasteiger partial charge is 0.307 e. The monoisotopic (exact) mass is 921 g/mol. The lowest BCUT2D eigenvalue weighted by Crippen LogP contribution is -2.63. The average Bonchev–Trinajstić information content (AvgIpc) is 3.62. The van der Waals surface area contributed by atoms with Crippen LogP contribution in [0.2, 0.25) is 0 Å². The molecule has 8 N–H and O–H groups in total. The molecule has 0 spiro atoms. The average molecular weight is 921 g/mol. The fourth-order valence-corrected chi connectivity index (χ4v) is 12.3. The van der Waals surface area contributed by atoms with Gasteiger partial charge in [-0.1, -0.05) is 66.2 Å². The lowest BCUT2D eigenvalue weighted by molar-refractivity contribution is -0.225. The maximum absolute atomic E-state index is 13.4. The summed E-state index contributed by atoms with van der Waals surface area (Å²) in [6.45, 7) is 9.00. The molecule has 4 rings (SSSR count). The summed E-state index contributed by atoms with van der Waals surface area (Å²) in [6.07, 6.45) is 11.6. The maximum atomic E-state index is 13.4. The van der Waals surface area contributed by atoms with Crippen LogP contribution in [0.15, 0.2) is 0 Å². The molecule has 4 fully saturated rings. The first-order valence-corrected chi connectivity index (χ1v) is 25.0. The molecule has 0 aromatic heterocycles. The molecule has 4 aliphatic carbocycles. The number of nitrogens with two attached hydrogens (primary N) is 4. The Morgan fingerprint density at radius 1 is 0.600 bits per heavy atom. The van der Waals surface area contributed by atoms with Crippen molar-refractivity contribution in [3.63, 3.8) is 0 Å². The molecule has 12 atom stereocenters. The topological polar surface area (TPSA) is 262 Å². The van der Waals surface area contributed by atoms with Crippen LogP contribution in [0.1, 0.15) is 163 Å². The second-order valence-corrected chi connectivity index (χ2v) is 19.9. The summed E-state index contributed by atoms with van der Waals surface area (Å²) in [5, 5.41) is 0. The lowest BCUT2D eigenvalue weighted by atomic mass is 9.43. The highest BCUT2D eigenvalue weighted by Crippen LogP contribution is 2.69. The molecule has 16 heteroatoms. The Balaban J connectivity index is 1.46. The number of rotatable bonds is 28. The van der Waals surface area contributed by atoms with E-state index >= 15 is 0 Å². The minimum atomic E-state index is -0.966. The Morgan fingerprint density at radius 2 is 1.17 bits per heavy atom. The second kappa shape index (κ2) is 26.9. The summed E-state index contributed by atoms with van der Waals surface area (Å²) < 4.78 is 35.3. The number of unbranched alkanes of at least 4 members (excludes halogenated alkanes) is 6. The quantitative estimate of drug-likeness (QED) is 0.0426. The van der Waals surface area contributed by atoms with Crippen LogP contribution in [-0.4, -0.2) is 99.6 Å². The van der Waals surface area contributed by atoms with Crippen molar-refractivity contribution in [2.24, 2.45) is 69.3 Å². The summed E-state index contributed by atoms with van der Waals surface area (Å²) in [5.41, 5.74) is 22.1. The first-order valence-electron chi connectivity index (χ1n) is 25.0. The van der Waals surface area contributed by atoms with Gasteiger partial charge in [0, 0.05) is 50.4 Å². The van der Waals surface area contributed by atoms with Crippen molar-refractivity contribution < 1.29 is 57.2 Å². The molecule has 4 aliphatic rings. The fourth-order valence-electron chi connectivity index (χ4n) is 12.3. The second-order valence-electron chi connectivity index (χ2n) is 19.9. The van der Waals surface area contributed by atoms with Gasteiger partial charge in [-0.05, 0) is 92.8 Å². The minimum absolute atomic E-state index is 0.00509. The number of hydrogen-bond acceptors (Lipinski definition) is 16. The molecule has 0 aromatic carbocycles. The van der Waals surface area contributed by atoms with Crippen LogP contribution in [0.25, 0.3) is 0 Å². The molecule has 4 saturated carbocycles. The minimum Gasteiger partial charge on any atom is -0.462 e. The molecule has 0 amide bonds. The Labute approximate surface area is 387 Å². The number of carbonyl (C=O) groups excluding carboxylic acids is 6. The van der Waals surface area contributed by atoms with Gasteiger partial charge < -0.3 is 51.4 Å². The van der Waals surface area contributed by atoms with E-state index < -0.39 is 35.7 Å². The van der Waals surface area contributed by atoms with E-state index in [1.54, 1.807) is 0 Å². The molecule has 16 nitrogen and oxygen atoms in total. The molecular formula is C49H84N4O12. The van der Waals surface area contributed by atoms with E-state index in [1.165, 1.54) is 19.3 Å². The molecule has 65 heavy (non-hydrogen) atoms. The Morgan fingerprint density at radius 3 is 1.80 bits per heavy atom. The highest BCUT2D eigenvalue weighted by Gasteiger charge is 2.67. The van der Waals surface area contributed by atoms with Gasteiger partial charge in [0.25, 0.3) is 0 Å². The predicted molar refractivity (Wildman–Crippen MR) is 243 cm³/mol. The van der Waals surface area contributed by atoms with Crippen molar-refractivity contribution in [1.29, 1.82) is 0 Å². The Kier molecular flexibility index (Phi) is 22.4. The maximum Gasteiger partial charge on any atom is 0.307 e. The van der Waals surface area contributed by atoms with Crippen LogP contribution < -0.4 is 22.9 Å². The number of hydrogen-bond donors (Lipinski definition) is 4. The van der Waals surface area contributed by atoms with Gasteiger partial charge in [-0.15, -0.1) is 0 Å². The van der Waals surface area contributed by atoms with E-state index in [0.29, 0.717) is 38.5 Å². The molecule has 0 bridgehead atoms. The van der Waals surface area contributed by atoms with Gasteiger partial charge in [-0.25, -0.2) is 0 Å². The van der Waals surface area contributed by atoms with Gasteiger partial charge in [-0.2, -0.15) is 0 Å². The third kappa shape index (κ3) is 15.1. The van der Waals surface area contributed by atoms with Crippen molar-refractivity contribution in [3.05, 3.63) is 0 Å². The van der Waals surface area contributed by atoms with Gasteiger partial charge in [-0.3, -0.25) is 28.8 Å². The van der Waals surface area contributed by atoms with Gasteiger partial charge in [0.2, 0.25) is 0 Å². The molecule has 0 aromatic rings. The fraction of sp³-hybridized carbons (Fsp3) is 0.878. The van der Waals surface area contributed by atoms with E-state index in [9.17, 15) is 28.8 Å². The van der Waals surface area contributed by atoms with E-state index in [0.717, 1.165) is 38.5 Å². The molecule has 1 unspecified atom stereocenters. The molecule has 372 valence electrons. The van der Waals surface area contributed by atoms with E-state index in [4.69, 9.17) is 51.4 Å². The largest absolute Gasteiger partial charge is 0.462 e. The van der Waals surface area contributed by atoms with E-state index in [1.807, 2.05) is 0 Å². The van der Waals surface area contributed by atoms with Crippen molar-refractivity contribution in [1.82, 2.24) is 0 Å². The predicted octanol–water partition coefficient (Wildman–Crippen LogP) is 5.55. The van der Waals surface area contributed by atoms with Crippen LogP contribution in [0.5, 0.6) is 0 Å². The van der Waals surface area contributed by atoms with E-state index in [2.05, 4.69) is 27.7 Å². The molecule has 0 radical (unpaired) electrons. The molecule has 0 aliphatic heterocycles. The van der Waals surface area contributed by atoms with Gasteiger partial charge >= 0.3 is 35.8 Å². The summed E-state index contributed by atoms with van der Waals surface area (Å²) >= 11 is 0. The lowest BCUT2D eigenvalue weighted by Gasteiger charge is -2.64. The highest BCUT2D eigenvalue weighted by atomic mass is 16.6. The van der Waals surface area contributed by atoms with Crippen molar-refractivity contribution >= 4 is 35.8 Å². The third-order valence-electron chi connectivity index (χ3n) is 15.6. The number of carbonyl (C=O) groups is 6. The zero-order valence-electron chi connectivity index (χ0n) is 40.1. The number of ether oxygens (including phenoxy) is 6. The first-order chi connectivity index (χ1) is 31.1. The SMILES string of the molecule is CCCCCCCCCC(=O)OCC(COC(=O)CC[C@@H](C)[C@H]1CC[C@H]2[C@@H]3[C@H](OC(=O)CCN)C[C@@H]4C[C@H](OC(=O)CCN)CC[C@]4(C)[C@H]3C[C@H](OC(=O)CCN)[C@]12C)OC(=O)CCN. The summed E-state index contributed by atoms with van der Waals surface area (Å²) in [6, 6.07) is 0. The Bertz CT molecular complexity index is 1550. The molecule has 0 saturated heterocycles. The van der Waals surface area contributed by atoms with Crippen LogP contribution in [0.4, 0.5) is 0 Å². The zero-order valence-corrected chi connectivity index (χ0v) is 40.1. The standard InChI is InChI=1S/C49H84N4O12/c1-5-6-7-8-9-10-11-12-41(54)60-30-35(63-44(57)19-24-51)31-61-42(55)16-13-32(2)36-14-15-37-47-38(29-40(49(36,37)4)65-46(59)21-26-53)48(3)22-17-34(62-43(56)18-23-50)27-33(48)28-39(47)64-45(58)20-25-52/h32-40,47H,5-31,50-53H2,1-4H3/t32-,33+,34-,35?,36-,37+,38+,39-,40+,47+,48+,49-/m1/s1. The first kappa shape index (κ1) is 54.3. The van der Waals surface area contributed by atoms with Crippen LogP contribution >= 0.6 is 0 Å². The summed E-state index contributed by atoms with van der Waals surface area (Å²) in [5.74, 6) is -2.15. The van der Waals surface area contributed by atoms with E-state index in [-0.39, 0.29) is 149 Å². The van der Waals surface area contributed by atoms with Gasteiger partial charge in [0.05, 0.1) is 25.7 Å².